The largest absolute Gasteiger partial charge is 0.497 e. The number of nitrogens with zero attached hydrogens (tertiary/aromatic N) is 3. The van der Waals surface area contributed by atoms with E-state index in [1.54, 1.807) is 50.0 Å². The zero-order valence-electron chi connectivity index (χ0n) is 19.0. The first-order chi connectivity index (χ1) is 15.9. The summed E-state index contributed by atoms with van der Waals surface area (Å²) in [5, 5.41) is 11.0. The fourth-order valence-electron chi connectivity index (χ4n) is 3.18. The Morgan fingerprint density at radius 3 is 2.48 bits per heavy atom. The number of methoxy groups -OCH3 is 1. The second-order valence-corrected chi connectivity index (χ2v) is 7.74. The van der Waals surface area contributed by atoms with Crippen molar-refractivity contribution in [2.24, 2.45) is 0 Å². The molecular formula is C25H28N4O4. The van der Waals surface area contributed by atoms with Crippen LogP contribution in [0.2, 0.25) is 0 Å². The van der Waals surface area contributed by atoms with Gasteiger partial charge in [0.05, 0.1) is 38.4 Å². The van der Waals surface area contributed by atoms with Crippen LogP contribution in [-0.4, -0.2) is 40.1 Å². The maximum absolute atomic E-state index is 12.6. The molecule has 8 heteroatoms. The quantitative estimate of drug-likeness (QED) is 0.376. The highest BCUT2D eigenvalue weighted by Gasteiger charge is 2.19. The van der Waals surface area contributed by atoms with Gasteiger partial charge in [0, 0.05) is 6.08 Å². The van der Waals surface area contributed by atoms with E-state index in [0.29, 0.717) is 18.0 Å². The van der Waals surface area contributed by atoms with Crippen LogP contribution in [0.4, 0.5) is 0 Å². The number of hydrogen-bond donors (Lipinski definition) is 1. The maximum atomic E-state index is 12.6. The molecule has 1 heterocycles. The third-order valence-corrected chi connectivity index (χ3v) is 4.72. The van der Waals surface area contributed by atoms with Gasteiger partial charge in [-0.05, 0) is 43.2 Å². The molecule has 1 N–H and O–H groups in total. The third-order valence-electron chi connectivity index (χ3n) is 4.72. The van der Waals surface area contributed by atoms with E-state index in [1.165, 1.54) is 6.08 Å². The topological polar surface area (TPSA) is 95.3 Å². The predicted octanol–water partition coefficient (Wildman–Crippen LogP) is 3.55. The van der Waals surface area contributed by atoms with E-state index < -0.39 is 6.04 Å². The summed E-state index contributed by atoms with van der Waals surface area (Å²) in [5.41, 5.74) is 2.43. The SMILES string of the molecule is COc1ccc([C@H](CC(=O)OC(C)C)NC(=O)/C=C/c2cn(Cc3ccccc3)nn2)cc1. The number of carbonyl (C=O) groups excluding carboxylic acids is 2. The van der Waals surface area contributed by atoms with Gasteiger partial charge in [0.25, 0.3) is 0 Å². The van der Waals surface area contributed by atoms with Gasteiger partial charge in [-0.25, -0.2) is 4.68 Å². The van der Waals surface area contributed by atoms with E-state index in [4.69, 9.17) is 9.47 Å². The van der Waals surface area contributed by atoms with Gasteiger partial charge in [-0.1, -0.05) is 47.7 Å². The lowest BCUT2D eigenvalue weighted by Crippen LogP contribution is -2.29. The van der Waals surface area contributed by atoms with Crippen molar-refractivity contribution in [3.05, 3.63) is 83.7 Å². The molecule has 0 saturated heterocycles. The highest BCUT2D eigenvalue weighted by molar-refractivity contribution is 5.92. The lowest BCUT2D eigenvalue weighted by atomic mass is 10.0. The summed E-state index contributed by atoms with van der Waals surface area (Å²) in [4.78, 5) is 24.8. The van der Waals surface area contributed by atoms with Crippen LogP contribution in [0.5, 0.6) is 5.75 Å². The molecule has 1 atom stereocenters. The summed E-state index contributed by atoms with van der Waals surface area (Å²) in [7, 11) is 1.58. The van der Waals surface area contributed by atoms with Gasteiger partial charge in [0.2, 0.25) is 5.91 Å². The monoisotopic (exact) mass is 448 g/mol. The Morgan fingerprint density at radius 1 is 1.09 bits per heavy atom. The molecule has 3 aromatic rings. The smallest absolute Gasteiger partial charge is 0.308 e. The van der Waals surface area contributed by atoms with Gasteiger partial charge in [0.1, 0.15) is 11.4 Å². The van der Waals surface area contributed by atoms with E-state index in [9.17, 15) is 9.59 Å². The van der Waals surface area contributed by atoms with Crippen LogP contribution >= 0.6 is 0 Å². The average Bonchev–Trinajstić information content (AvgIpc) is 3.25. The summed E-state index contributed by atoms with van der Waals surface area (Å²) in [6.07, 6.45) is 4.50. The molecule has 3 rings (SSSR count). The molecule has 8 nitrogen and oxygen atoms in total. The molecule has 0 radical (unpaired) electrons. The van der Waals surface area contributed by atoms with E-state index in [-0.39, 0.29) is 24.4 Å². The number of aromatic nitrogens is 3. The number of rotatable bonds is 10. The van der Waals surface area contributed by atoms with Gasteiger partial charge < -0.3 is 14.8 Å². The summed E-state index contributed by atoms with van der Waals surface area (Å²) < 4.78 is 12.1. The minimum Gasteiger partial charge on any atom is -0.497 e. The standard InChI is InChI=1S/C25H28N4O4/c1-18(2)33-25(31)15-23(20-9-12-22(32-3)13-10-20)26-24(30)14-11-21-17-29(28-27-21)16-19-7-5-4-6-8-19/h4-14,17-18,23H,15-16H2,1-3H3,(H,26,30)/b14-11+/t23-/m0/s1. The zero-order chi connectivity index (χ0) is 23.6. The first kappa shape index (κ1) is 23.7. The summed E-state index contributed by atoms with van der Waals surface area (Å²) >= 11 is 0. The number of amides is 1. The molecule has 0 fully saturated rings. The zero-order valence-corrected chi connectivity index (χ0v) is 19.0. The lowest BCUT2D eigenvalue weighted by molar-refractivity contribution is -0.148. The van der Waals surface area contributed by atoms with Gasteiger partial charge in [0.15, 0.2) is 0 Å². The van der Waals surface area contributed by atoms with Crippen molar-refractivity contribution < 1.29 is 19.1 Å². The van der Waals surface area contributed by atoms with Gasteiger partial charge in [-0.3, -0.25) is 9.59 Å². The van der Waals surface area contributed by atoms with Crippen molar-refractivity contribution in [1.82, 2.24) is 20.3 Å². The minimum atomic E-state index is -0.548. The Balaban J connectivity index is 1.65. The number of ether oxygens (including phenoxy) is 2. The summed E-state index contributed by atoms with van der Waals surface area (Å²) in [6.45, 7) is 4.16. The highest BCUT2D eigenvalue weighted by Crippen LogP contribution is 2.21. The Morgan fingerprint density at radius 2 is 1.82 bits per heavy atom. The minimum absolute atomic E-state index is 0.0113. The molecule has 0 aliphatic rings. The van der Waals surface area contributed by atoms with Crippen molar-refractivity contribution >= 4 is 18.0 Å². The van der Waals surface area contributed by atoms with Crippen molar-refractivity contribution in [2.45, 2.75) is 39.0 Å². The van der Waals surface area contributed by atoms with E-state index in [1.807, 2.05) is 42.5 Å². The third kappa shape index (κ3) is 7.60. The number of benzene rings is 2. The van der Waals surface area contributed by atoms with Crippen molar-refractivity contribution in [2.75, 3.05) is 7.11 Å². The number of hydrogen-bond acceptors (Lipinski definition) is 6. The number of carbonyl (C=O) groups is 2. The van der Waals surface area contributed by atoms with Crippen LogP contribution in [0, 0.1) is 0 Å². The molecule has 172 valence electrons. The molecule has 1 amide bonds. The van der Waals surface area contributed by atoms with Crippen molar-refractivity contribution in [1.29, 1.82) is 0 Å². The summed E-state index contributed by atoms with van der Waals surface area (Å²) in [6, 6.07) is 16.5. The Hall–Kier alpha value is -3.94. The van der Waals surface area contributed by atoms with Crippen LogP contribution in [0.25, 0.3) is 6.08 Å². The first-order valence-electron chi connectivity index (χ1n) is 10.7. The molecule has 0 unspecified atom stereocenters. The fraction of sp³-hybridized carbons (Fsp3) is 0.280. The van der Waals surface area contributed by atoms with Crippen LogP contribution in [0.15, 0.2) is 66.9 Å². The lowest BCUT2D eigenvalue weighted by Gasteiger charge is -2.19. The van der Waals surface area contributed by atoms with Crippen LogP contribution in [-0.2, 0) is 20.9 Å². The maximum Gasteiger partial charge on any atom is 0.308 e. The molecule has 0 saturated carbocycles. The molecule has 0 bridgehead atoms. The Labute approximate surface area is 193 Å². The van der Waals surface area contributed by atoms with Crippen LogP contribution in [0.3, 0.4) is 0 Å². The van der Waals surface area contributed by atoms with Crippen LogP contribution < -0.4 is 10.1 Å². The molecule has 33 heavy (non-hydrogen) atoms. The van der Waals surface area contributed by atoms with E-state index in [0.717, 1.165) is 11.1 Å². The molecule has 0 aliphatic carbocycles. The fourth-order valence-corrected chi connectivity index (χ4v) is 3.18. The van der Waals surface area contributed by atoms with Crippen LogP contribution in [0.1, 0.15) is 43.1 Å². The highest BCUT2D eigenvalue weighted by atomic mass is 16.5. The van der Waals surface area contributed by atoms with Crippen molar-refractivity contribution in [3.63, 3.8) is 0 Å². The normalized spacial score (nSPS) is 12.0. The van der Waals surface area contributed by atoms with Gasteiger partial charge in [-0.2, -0.15) is 0 Å². The first-order valence-corrected chi connectivity index (χ1v) is 10.7. The molecule has 0 spiro atoms. The number of nitrogens with one attached hydrogen (secondary N) is 1. The second-order valence-electron chi connectivity index (χ2n) is 7.74. The average molecular weight is 449 g/mol. The molecule has 2 aromatic carbocycles. The Kier molecular flexibility index (Phi) is 8.35. The van der Waals surface area contributed by atoms with E-state index in [2.05, 4.69) is 15.6 Å². The molecule has 1 aromatic heterocycles. The Bertz CT molecular complexity index is 1080. The number of esters is 1. The van der Waals surface area contributed by atoms with Crippen molar-refractivity contribution in [3.8, 4) is 5.75 Å². The molecular weight excluding hydrogens is 420 g/mol. The second kappa shape index (κ2) is 11.6. The van der Waals surface area contributed by atoms with E-state index >= 15 is 0 Å². The van der Waals surface area contributed by atoms with Gasteiger partial charge in [-0.15, -0.1) is 5.10 Å². The van der Waals surface area contributed by atoms with Gasteiger partial charge >= 0.3 is 5.97 Å². The summed E-state index contributed by atoms with van der Waals surface area (Å²) in [5.74, 6) is -0.0585. The predicted molar refractivity (Wildman–Crippen MR) is 124 cm³/mol. The molecule has 0 aliphatic heterocycles.